The summed E-state index contributed by atoms with van der Waals surface area (Å²) in [5.41, 5.74) is 1.11. The molecule has 0 radical (unpaired) electrons. The molecule has 2 rings (SSSR count). The van der Waals surface area contributed by atoms with Crippen LogP contribution < -0.4 is 10.6 Å². The molecule has 1 saturated heterocycles. The average Bonchev–Trinajstić information content (AvgIpc) is 2.32. The maximum Gasteiger partial charge on any atom is 0.228 e. The van der Waals surface area contributed by atoms with Crippen molar-refractivity contribution in [2.45, 2.75) is 20.3 Å². The third-order valence-corrected chi connectivity index (χ3v) is 3.32. The number of carbonyl (C=O) groups excluding carboxylic acids is 1. The molecule has 4 heteroatoms. The minimum Gasteiger partial charge on any atom is -0.323 e. The van der Waals surface area contributed by atoms with E-state index in [4.69, 9.17) is 0 Å². The lowest BCUT2D eigenvalue weighted by molar-refractivity contribution is -0.120. The first-order valence-corrected chi connectivity index (χ1v) is 6.34. The zero-order valence-corrected chi connectivity index (χ0v) is 10.8. The van der Waals surface area contributed by atoms with Crippen LogP contribution in [0.4, 0.5) is 10.1 Å². The van der Waals surface area contributed by atoms with Gasteiger partial charge in [-0.25, -0.2) is 4.39 Å². The molecule has 2 unspecified atom stereocenters. The highest BCUT2D eigenvalue weighted by molar-refractivity contribution is 5.92. The molecule has 3 nitrogen and oxygen atoms in total. The normalized spacial score (nSPS) is 23.7. The van der Waals surface area contributed by atoms with E-state index in [-0.39, 0.29) is 23.3 Å². The van der Waals surface area contributed by atoms with Crippen molar-refractivity contribution in [2.24, 2.45) is 11.8 Å². The molecule has 1 heterocycles. The molecule has 0 aliphatic carbocycles. The number of hydrogen-bond donors (Lipinski definition) is 2. The van der Waals surface area contributed by atoms with E-state index in [1.165, 1.54) is 6.07 Å². The van der Waals surface area contributed by atoms with Gasteiger partial charge in [0, 0.05) is 6.54 Å². The third-order valence-electron chi connectivity index (χ3n) is 3.32. The molecule has 0 saturated carbocycles. The Balaban J connectivity index is 2.02. The summed E-state index contributed by atoms with van der Waals surface area (Å²) in [5, 5.41) is 5.89. The number of benzene rings is 1. The Bertz CT molecular complexity index is 447. The Kier molecular flexibility index (Phi) is 3.97. The van der Waals surface area contributed by atoms with Crippen LogP contribution in [0.15, 0.2) is 18.2 Å². The summed E-state index contributed by atoms with van der Waals surface area (Å²) in [5.74, 6) is -0.0659. The maximum absolute atomic E-state index is 13.6. The number of aryl methyl sites for hydroxylation is 1. The van der Waals surface area contributed by atoms with Crippen LogP contribution in [0.5, 0.6) is 0 Å². The molecule has 0 spiro atoms. The fraction of sp³-hybridized carbons (Fsp3) is 0.500. The van der Waals surface area contributed by atoms with Gasteiger partial charge in [0.25, 0.3) is 0 Å². The molecular weight excluding hydrogens is 231 g/mol. The second-order valence-electron chi connectivity index (χ2n) is 5.17. The summed E-state index contributed by atoms with van der Waals surface area (Å²) in [7, 11) is 0. The van der Waals surface area contributed by atoms with Crippen LogP contribution in [0, 0.1) is 24.6 Å². The quantitative estimate of drug-likeness (QED) is 0.845. The second kappa shape index (κ2) is 5.48. The van der Waals surface area contributed by atoms with Gasteiger partial charge in [-0.2, -0.15) is 0 Å². The molecule has 1 aromatic carbocycles. The molecule has 2 atom stereocenters. The average molecular weight is 250 g/mol. The summed E-state index contributed by atoms with van der Waals surface area (Å²) in [4.78, 5) is 12.0. The van der Waals surface area contributed by atoms with Gasteiger partial charge in [0.15, 0.2) is 0 Å². The fourth-order valence-corrected chi connectivity index (χ4v) is 2.31. The molecule has 1 aliphatic rings. The topological polar surface area (TPSA) is 41.1 Å². The Morgan fingerprint density at radius 1 is 1.44 bits per heavy atom. The minimum absolute atomic E-state index is 0.0746. The van der Waals surface area contributed by atoms with Gasteiger partial charge in [-0.15, -0.1) is 0 Å². The Morgan fingerprint density at radius 2 is 2.22 bits per heavy atom. The lowest BCUT2D eigenvalue weighted by atomic mass is 9.91. The van der Waals surface area contributed by atoms with Crippen molar-refractivity contribution in [3.8, 4) is 0 Å². The molecule has 1 aromatic rings. The highest BCUT2D eigenvalue weighted by Crippen LogP contribution is 2.20. The summed E-state index contributed by atoms with van der Waals surface area (Å²) in [6.45, 7) is 5.55. The van der Waals surface area contributed by atoms with Crippen LogP contribution in [0.1, 0.15) is 18.9 Å². The van der Waals surface area contributed by atoms with Crippen LogP contribution in [-0.2, 0) is 4.79 Å². The van der Waals surface area contributed by atoms with E-state index in [2.05, 4.69) is 17.6 Å². The van der Waals surface area contributed by atoms with E-state index in [1.807, 2.05) is 6.92 Å². The minimum atomic E-state index is -0.375. The molecule has 2 N–H and O–H groups in total. The molecule has 1 fully saturated rings. The first kappa shape index (κ1) is 13.0. The largest absolute Gasteiger partial charge is 0.323 e. The predicted molar refractivity (Wildman–Crippen MR) is 69.9 cm³/mol. The van der Waals surface area contributed by atoms with Crippen LogP contribution >= 0.6 is 0 Å². The fourth-order valence-electron chi connectivity index (χ4n) is 2.31. The molecule has 98 valence electrons. The van der Waals surface area contributed by atoms with Crippen molar-refractivity contribution in [1.82, 2.24) is 5.32 Å². The van der Waals surface area contributed by atoms with Crippen molar-refractivity contribution in [1.29, 1.82) is 0 Å². The van der Waals surface area contributed by atoms with Gasteiger partial charge in [-0.1, -0.05) is 13.0 Å². The number of carbonyl (C=O) groups is 1. The van der Waals surface area contributed by atoms with Gasteiger partial charge in [0.1, 0.15) is 5.82 Å². The standard InChI is InChI=1S/C14H19FN2O/c1-9-3-4-13(12(15)6-9)17-14(18)11-5-10(2)7-16-8-11/h3-4,6,10-11,16H,5,7-8H2,1-2H3,(H,17,18). The predicted octanol–water partition coefficient (Wildman–Crippen LogP) is 2.32. The van der Waals surface area contributed by atoms with Crippen molar-refractivity contribution in [3.05, 3.63) is 29.6 Å². The Labute approximate surface area is 107 Å². The van der Waals surface area contributed by atoms with Crippen LogP contribution in [0.3, 0.4) is 0 Å². The van der Waals surface area contributed by atoms with Crippen molar-refractivity contribution in [2.75, 3.05) is 18.4 Å². The highest BCUT2D eigenvalue weighted by Gasteiger charge is 2.25. The van der Waals surface area contributed by atoms with Gasteiger partial charge >= 0.3 is 0 Å². The summed E-state index contributed by atoms with van der Waals surface area (Å²) < 4.78 is 13.6. The summed E-state index contributed by atoms with van der Waals surface area (Å²) in [6, 6.07) is 4.83. The van der Waals surface area contributed by atoms with E-state index in [0.29, 0.717) is 12.5 Å². The van der Waals surface area contributed by atoms with E-state index in [1.54, 1.807) is 12.1 Å². The first-order valence-electron chi connectivity index (χ1n) is 6.34. The van der Waals surface area contributed by atoms with Crippen LogP contribution in [0.25, 0.3) is 0 Å². The number of piperidine rings is 1. The van der Waals surface area contributed by atoms with Crippen LogP contribution in [-0.4, -0.2) is 19.0 Å². The van der Waals surface area contributed by atoms with Gasteiger partial charge in [0.2, 0.25) is 5.91 Å². The lowest BCUT2D eigenvalue weighted by Crippen LogP contribution is -2.41. The number of amides is 1. The van der Waals surface area contributed by atoms with Crippen molar-refractivity contribution in [3.63, 3.8) is 0 Å². The second-order valence-corrected chi connectivity index (χ2v) is 5.17. The van der Waals surface area contributed by atoms with E-state index in [9.17, 15) is 9.18 Å². The third kappa shape index (κ3) is 3.07. The molecule has 18 heavy (non-hydrogen) atoms. The first-order chi connectivity index (χ1) is 8.56. The zero-order valence-electron chi connectivity index (χ0n) is 10.8. The molecule has 0 aromatic heterocycles. The van der Waals surface area contributed by atoms with Gasteiger partial charge in [-0.05, 0) is 43.5 Å². The smallest absolute Gasteiger partial charge is 0.228 e. The molecule has 1 amide bonds. The Morgan fingerprint density at radius 3 is 2.89 bits per heavy atom. The molecule has 1 aliphatic heterocycles. The number of rotatable bonds is 2. The SMILES string of the molecule is Cc1ccc(NC(=O)C2CNCC(C)C2)c(F)c1. The number of nitrogens with one attached hydrogen (secondary N) is 2. The Hall–Kier alpha value is -1.42. The number of halogens is 1. The van der Waals surface area contributed by atoms with E-state index >= 15 is 0 Å². The molecular formula is C14H19FN2O. The summed E-state index contributed by atoms with van der Waals surface area (Å²) >= 11 is 0. The number of hydrogen-bond acceptors (Lipinski definition) is 2. The highest BCUT2D eigenvalue weighted by atomic mass is 19.1. The number of anilines is 1. The lowest BCUT2D eigenvalue weighted by Gasteiger charge is -2.26. The zero-order chi connectivity index (χ0) is 13.1. The van der Waals surface area contributed by atoms with E-state index < -0.39 is 0 Å². The monoisotopic (exact) mass is 250 g/mol. The maximum atomic E-state index is 13.6. The molecule has 0 bridgehead atoms. The van der Waals surface area contributed by atoms with Crippen LogP contribution in [0.2, 0.25) is 0 Å². The van der Waals surface area contributed by atoms with Crippen molar-refractivity contribution >= 4 is 11.6 Å². The summed E-state index contributed by atoms with van der Waals surface area (Å²) in [6.07, 6.45) is 0.853. The van der Waals surface area contributed by atoms with Gasteiger partial charge in [0.05, 0.1) is 11.6 Å². The van der Waals surface area contributed by atoms with Gasteiger partial charge in [-0.3, -0.25) is 4.79 Å². The van der Waals surface area contributed by atoms with E-state index in [0.717, 1.165) is 18.5 Å². The van der Waals surface area contributed by atoms with Crippen molar-refractivity contribution < 1.29 is 9.18 Å². The van der Waals surface area contributed by atoms with Gasteiger partial charge < -0.3 is 10.6 Å².